The average Bonchev–Trinajstić information content (AvgIpc) is 3.45. The van der Waals surface area contributed by atoms with E-state index >= 15 is 0 Å². The molecule has 2 N–H and O–H groups in total. The number of guanidine groups is 1. The number of amides is 2. The molecule has 0 radical (unpaired) electrons. The zero-order valence-corrected chi connectivity index (χ0v) is 20.1. The quantitative estimate of drug-likeness (QED) is 0.508. The maximum absolute atomic E-state index is 14.7. The number of halogens is 1. The third-order valence-corrected chi connectivity index (χ3v) is 7.27. The first-order valence-electron chi connectivity index (χ1n) is 12.4. The molecular weight excluding hydrogens is 439 g/mol. The Morgan fingerprint density at radius 1 is 1.38 bits per heavy atom. The number of benzene rings is 1. The number of aliphatic imine (C=N–C) groups is 1. The molecule has 1 saturated carbocycles. The van der Waals surface area contributed by atoms with Crippen molar-refractivity contribution in [2.24, 2.45) is 10.9 Å². The van der Waals surface area contributed by atoms with Gasteiger partial charge in [0.25, 0.3) is 5.91 Å². The normalized spacial score (nSPS) is 20.5. The minimum Gasteiger partial charge on any atom is -0.490 e. The lowest BCUT2D eigenvalue weighted by Crippen LogP contribution is -2.41. The number of aliphatic hydroxyl groups is 1. The Bertz CT molecular complexity index is 947. The van der Waals surface area contributed by atoms with E-state index in [0.29, 0.717) is 42.0 Å². The number of hydrogen-bond acceptors (Lipinski definition) is 6. The molecule has 2 heterocycles. The van der Waals surface area contributed by atoms with Gasteiger partial charge in [0.2, 0.25) is 11.9 Å². The van der Waals surface area contributed by atoms with Crippen molar-refractivity contribution in [1.29, 1.82) is 0 Å². The van der Waals surface area contributed by atoms with Crippen LogP contribution in [0, 0.1) is 11.7 Å². The van der Waals surface area contributed by atoms with Gasteiger partial charge >= 0.3 is 0 Å². The van der Waals surface area contributed by atoms with Crippen LogP contribution in [0.2, 0.25) is 0 Å². The molecule has 2 aliphatic heterocycles. The summed E-state index contributed by atoms with van der Waals surface area (Å²) in [6.45, 7) is 2.33. The molecule has 1 saturated heterocycles. The van der Waals surface area contributed by atoms with Crippen molar-refractivity contribution in [3.63, 3.8) is 0 Å². The van der Waals surface area contributed by atoms with Crippen LogP contribution in [0.25, 0.3) is 0 Å². The number of fused-ring (bicyclic) bond motifs is 2. The molecule has 1 aliphatic carbocycles. The minimum absolute atomic E-state index is 0.0789. The van der Waals surface area contributed by atoms with Gasteiger partial charge in [-0.05, 0) is 37.7 Å². The molecule has 34 heavy (non-hydrogen) atoms. The molecule has 0 aromatic heterocycles. The molecule has 186 valence electrons. The summed E-state index contributed by atoms with van der Waals surface area (Å²) < 4.78 is 20.3. The van der Waals surface area contributed by atoms with Gasteiger partial charge in [0, 0.05) is 37.7 Å². The third kappa shape index (κ3) is 5.04. The fourth-order valence-electron chi connectivity index (χ4n) is 5.39. The zero-order valence-electron chi connectivity index (χ0n) is 20.1. The van der Waals surface area contributed by atoms with Crippen LogP contribution in [0.5, 0.6) is 5.75 Å². The van der Waals surface area contributed by atoms with Crippen molar-refractivity contribution in [1.82, 2.24) is 15.1 Å². The number of nitrogens with zero attached hydrogens (tertiary/aromatic N) is 3. The van der Waals surface area contributed by atoms with Crippen LogP contribution >= 0.6 is 0 Å². The van der Waals surface area contributed by atoms with Gasteiger partial charge < -0.3 is 19.6 Å². The van der Waals surface area contributed by atoms with E-state index in [0.717, 1.165) is 12.8 Å². The monoisotopic (exact) mass is 474 g/mol. The molecule has 4 rings (SSSR count). The fraction of sp³-hybridized carbons (Fsp3) is 0.640. The summed E-state index contributed by atoms with van der Waals surface area (Å²) in [6.07, 6.45) is 7.87. The molecule has 0 spiro atoms. The smallest absolute Gasteiger partial charge is 0.251 e. The second-order valence-electron chi connectivity index (χ2n) is 9.52. The van der Waals surface area contributed by atoms with Gasteiger partial charge in [-0.25, -0.2) is 9.38 Å². The van der Waals surface area contributed by atoms with Gasteiger partial charge in [0.05, 0.1) is 18.9 Å². The van der Waals surface area contributed by atoms with Crippen LogP contribution in [-0.2, 0) is 16.1 Å². The fourth-order valence-corrected chi connectivity index (χ4v) is 5.39. The Balaban J connectivity index is 1.32. The number of nitrogens with one attached hydrogen (secondary N) is 1. The van der Waals surface area contributed by atoms with E-state index in [2.05, 4.69) is 17.2 Å². The largest absolute Gasteiger partial charge is 0.490 e. The minimum atomic E-state index is -0.716. The Morgan fingerprint density at radius 2 is 2.15 bits per heavy atom. The number of aliphatic hydroxyl groups excluding tert-OH is 1. The van der Waals surface area contributed by atoms with E-state index in [9.17, 15) is 19.1 Å². The van der Waals surface area contributed by atoms with Crippen LogP contribution in [-0.4, -0.2) is 65.0 Å². The average molecular weight is 475 g/mol. The van der Waals surface area contributed by atoms with Gasteiger partial charge in [-0.15, -0.1) is 0 Å². The predicted octanol–water partition coefficient (Wildman–Crippen LogP) is 3.10. The summed E-state index contributed by atoms with van der Waals surface area (Å²) in [5.41, 5.74) is 1.14. The van der Waals surface area contributed by atoms with E-state index in [1.165, 1.54) is 37.8 Å². The summed E-state index contributed by atoms with van der Waals surface area (Å²) >= 11 is 0. The lowest BCUT2D eigenvalue weighted by Gasteiger charge is -2.33. The second kappa shape index (κ2) is 10.7. The van der Waals surface area contributed by atoms with Crippen molar-refractivity contribution in [2.75, 3.05) is 20.3 Å². The van der Waals surface area contributed by atoms with E-state index in [1.807, 2.05) is 11.9 Å². The van der Waals surface area contributed by atoms with Gasteiger partial charge in [0.1, 0.15) is 6.04 Å². The summed E-state index contributed by atoms with van der Waals surface area (Å²) in [5.74, 6) is 0.312. The van der Waals surface area contributed by atoms with Crippen molar-refractivity contribution < 1.29 is 23.8 Å². The van der Waals surface area contributed by atoms with E-state index in [4.69, 9.17) is 4.74 Å². The number of hydrogen-bond donors (Lipinski definition) is 2. The number of ether oxygens (including phenoxy) is 1. The van der Waals surface area contributed by atoms with Gasteiger partial charge in [0.15, 0.2) is 11.6 Å². The number of rotatable bonds is 10. The van der Waals surface area contributed by atoms with Crippen LogP contribution in [0.3, 0.4) is 0 Å². The van der Waals surface area contributed by atoms with Crippen LogP contribution < -0.4 is 10.1 Å². The molecule has 2 unspecified atom stereocenters. The Morgan fingerprint density at radius 3 is 2.85 bits per heavy atom. The first kappa shape index (κ1) is 24.4. The highest BCUT2D eigenvalue weighted by atomic mass is 19.1. The number of carbonyl (C=O) groups excluding carboxylic acids is 2. The molecule has 2 fully saturated rings. The van der Waals surface area contributed by atoms with Crippen molar-refractivity contribution >= 4 is 23.5 Å². The van der Waals surface area contributed by atoms with Crippen molar-refractivity contribution in [3.05, 3.63) is 23.5 Å². The highest BCUT2D eigenvalue weighted by Crippen LogP contribution is 2.35. The highest BCUT2D eigenvalue weighted by Gasteiger charge is 2.39. The molecule has 9 heteroatoms. The standard InChI is InChI=1S/C25H35FN4O4/c1-3-7-20(16-8-4-5-9-16)29(2)23(32)10-6-11-34-22-13-19-17(12-18(22)26)14-30-21(15-31)24(33)28-25(30)27-19/h12-13,16,20-21,31H,3-11,14-15H2,1-2H3,(H,27,28,33). The van der Waals surface area contributed by atoms with Gasteiger partial charge in [-0.1, -0.05) is 26.2 Å². The Labute approximate surface area is 200 Å². The third-order valence-electron chi connectivity index (χ3n) is 7.27. The topological polar surface area (TPSA) is 94.5 Å². The molecule has 2 atom stereocenters. The summed E-state index contributed by atoms with van der Waals surface area (Å²) in [5, 5.41) is 12.1. The Hall–Kier alpha value is -2.68. The highest BCUT2D eigenvalue weighted by molar-refractivity contribution is 6.07. The molecule has 1 aromatic carbocycles. The molecule has 0 bridgehead atoms. The van der Waals surface area contributed by atoms with Crippen molar-refractivity contribution in [3.8, 4) is 5.75 Å². The Kier molecular flexibility index (Phi) is 7.70. The van der Waals surface area contributed by atoms with Crippen molar-refractivity contribution in [2.45, 2.75) is 76.9 Å². The molecule has 2 amide bonds. The summed E-state index contributed by atoms with van der Waals surface area (Å²) in [4.78, 5) is 32.7. The van der Waals surface area contributed by atoms with Gasteiger partial charge in [-0.3, -0.25) is 14.9 Å². The summed E-state index contributed by atoms with van der Waals surface area (Å²) in [7, 11) is 1.91. The maximum atomic E-state index is 14.7. The van der Waals surface area contributed by atoms with Gasteiger partial charge in [-0.2, -0.15) is 0 Å². The van der Waals surface area contributed by atoms with E-state index < -0.39 is 11.9 Å². The molecular formula is C25H35FN4O4. The van der Waals surface area contributed by atoms with E-state index in [1.54, 1.807) is 4.90 Å². The van der Waals surface area contributed by atoms with Crippen LogP contribution in [0.15, 0.2) is 17.1 Å². The molecule has 1 aromatic rings. The maximum Gasteiger partial charge on any atom is 0.251 e. The lowest BCUT2D eigenvalue weighted by atomic mass is 9.93. The molecule has 3 aliphatic rings. The van der Waals surface area contributed by atoms with Crippen LogP contribution in [0.1, 0.15) is 63.9 Å². The predicted molar refractivity (Wildman–Crippen MR) is 126 cm³/mol. The van der Waals surface area contributed by atoms with Crippen LogP contribution in [0.4, 0.5) is 10.1 Å². The summed E-state index contributed by atoms with van der Waals surface area (Å²) in [6, 6.07) is 2.47. The lowest BCUT2D eigenvalue weighted by molar-refractivity contribution is -0.133. The number of carbonyl (C=O) groups is 2. The van der Waals surface area contributed by atoms with E-state index in [-0.39, 0.29) is 37.3 Å². The molecule has 8 nitrogen and oxygen atoms in total. The first-order chi connectivity index (χ1) is 16.4. The SMILES string of the molecule is CCCC(C1CCCC1)N(C)C(=O)CCCOc1cc2c(cc1F)CN1C(=N2)NC(=O)C1CO. The second-order valence-corrected chi connectivity index (χ2v) is 9.52. The first-order valence-corrected chi connectivity index (χ1v) is 12.4. The zero-order chi connectivity index (χ0) is 24.2.